The van der Waals surface area contributed by atoms with Crippen molar-refractivity contribution in [2.75, 3.05) is 24.7 Å². The zero-order valence-electron chi connectivity index (χ0n) is 17.9. The van der Waals surface area contributed by atoms with Gasteiger partial charge in [-0.25, -0.2) is 0 Å². The molecule has 2 aliphatic heterocycles. The molecular formula is C25H32ClN3O. The van der Waals surface area contributed by atoms with Crippen LogP contribution in [0.15, 0.2) is 48.5 Å². The summed E-state index contributed by atoms with van der Waals surface area (Å²) >= 11 is 0. The van der Waals surface area contributed by atoms with Crippen LogP contribution >= 0.6 is 12.4 Å². The average Bonchev–Trinajstić information content (AvgIpc) is 3.31. The summed E-state index contributed by atoms with van der Waals surface area (Å²) in [6.45, 7) is 7.11. The fourth-order valence-corrected chi connectivity index (χ4v) is 5.59. The Balaban J connectivity index is 0.00000218. The van der Waals surface area contributed by atoms with Gasteiger partial charge < -0.3 is 10.2 Å². The second kappa shape index (κ2) is 8.24. The van der Waals surface area contributed by atoms with Crippen LogP contribution in [0, 0.1) is 0 Å². The molecule has 2 saturated heterocycles. The van der Waals surface area contributed by atoms with E-state index in [-0.39, 0.29) is 23.9 Å². The second-order valence-electron chi connectivity index (χ2n) is 9.16. The molecule has 0 bridgehead atoms. The lowest BCUT2D eigenvalue weighted by molar-refractivity contribution is -0.125. The molecule has 1 aliphatic carbocycles. The summed E-state index contributed by atoms with van der Waals surface area (Å²) in [4.78, 5) is 17.8. The fourth-order valence-electron chi connectivity index (χ4n) is 5.59. The zero-order chi connectivity index (χ0) is 20.0. The number of para-hydroxylation sites is 1. The number of halogens is 1. The van der Waals surface area contributed by atoms with Gasteiger partial charge in [-0.2, -0.15) is 0 Å². The van der Waals surface area contributed by atoms with E-state index in [1.165, 1.54) is 29.5 Å². The number of hydrogen-bond donors (Lipinski definition) is 1. The minimum atomic E-state index is -0.388. The normalized spacial score (nSPS) is 22.8. The van der Waals surface area contributed by atoms with Crippen LogP contribution in [0.2, 0.25) is 0 Å². The van der Waals surface area contributed by atoms with Gasteiger partial charge >= 0.3 is 0 Å². The van der Waals surface area contributed by atoms with E-state index in [9.17, 15) is 4.79 Å². The van der Waals surface area contributed by atoms with Crippen molar-refractivity contribution < 1.29 is 4.79 Å². The van der Waals surface area contributed by atoms with Crippen molar-refractivity contribution >= 4 is 24.0 Å². The van der Waals surface area contributed by atoms with Gasteiger partial charge in [0.2, 0.25) is 5.91 Å². The zero-order valence-corrected chi connectivity index (χ0v) is 18.8. The second-order valence-corrected chi connectivity index (χ2v) is 9.16. The molecule has 0 radical (unpaired) electrons. The Morgan fingerprint density at radius 2 is 1.80 bits per heavy atom. The first-order chi connectivity index (χ1) is 14.1. The molecule has 0 saturated carbocycles. The molecule has 2 heterocycles. The van der Waals surface area contributed by atoms with Gasteiger partial charge in [0.05, 0.1) is 6.67 Å². The molecule has 2 fully saturated rings. The van der Waals surface area contributed by atoms with Gasteiger partial charge in [-0.15, -0.1) is 12.4 Å². The Kier molecular flexibility index (Phi) is 5.82. The van der Waals surface area contributed by atoms with E-state index >= 15 is 0 Å². The molecule has 2 aromatic rings. The quantitative estimate of drug-likeness (QED) is 0.777. The van der Waals surface area contributed by atoms with Crippen molar-refractivity contribution in [2.24, 2.45) is 0 Å². The van der Waals surface area contributed by atoms with Crippen LogP contribution in [0.4, 0.5) is 5.69 Å². The average molecular weight is 426 g/mol. The van der Waals surface area contributed by atoms with Crippen LogP contribution in [0.1, 0.15) is 61.8 Å². The Morgan fingerprint density at radius 1 is 1.07 bits per heavy atom. The highest BCUT2D eigenvalue weighted by Gasteiger charge is 2.51. The van der Waals surface area contributed by atoms with Crippen LogP contribution < -0.4 is 10.2 Å². The number of nitrogens with one attached hydrogen (secondary N) is 1. The Bertz CT molecular complexity index is 906. The molecule has 1 amide bonds. The van der Waals surface area contributed by atoms with Gasteiger partial charge in [0.15, 0.2) is 0 Å². The number of aryl methyl sites for hydroxylation is 1. The molecular weight excluding hydrogens is 394 g/mol. The van der Waals surface area contributed by atoms with Crippen molar-refractivity contribution in [3.8, 4) is 0 Å². The molecule has 4 nitrogen and oxygen atoms in total. The molecule has 1 N–H and O–H groups in total. The lowest BCUT2D eigenvalue weighted by Gasteiger charge is -2.45. The van der Waals surface area contributed by atoms with E-state index in [2.05, 4.69) is 71.4 Å². The third-order valence-electron chi connectivity index (χ3n) is 7.35. The molecule has 1 atom stereocenters. The summed E-state index contributed by atoms with van der Waals surface area (Å²) in [6.07, 6.45) is 4.17. The Morgan fingerprint density at radius 3 is 2.50 bits per heavy atom. The van der Waals surface area contributed by atoms with Crippen LogP contribution in [0.3, 0.4) is 0 Å². The SMILES string of the molecule is CC(C)c1ccc2c(c1)CCC2N1CCC2(CC1)C(=O)NCN2c1ccccc1.Cl. The highest BCUT2D eigenvalue weighted by atomic mass is 35.5. The van der Waals surface area contributed by atoms with Crippen LogP contribution in [0.25, 0.3) is 0 Å². The van der Waals surface area contributed by atoms with Crippen LogP contribution in [-0.2, 0) is 11.2 Å². The standard InChI is InChI=1S/C25H31N3O.ClH/c1-18(2)19-8-10-22-20(16-19)9-11-23(22)27-14-12-25(13-15-27)24(29)26-17-28(25)21-6-4-3-5-7-21;/h3-8,10,16,18,23H,9,11-15,17H2,1-2H3,(H,26,29);1H. The lowest BCUT2D eigenvalue weighted by atomic mass is 9.84. The molecule has 5 rings (SSSR count). The summed E-state index contributed by atoms with van der Waals surface area (Å²) < 4.78 is 0. The van der Waals surface area contributed by atoms with E-state index in [1.807, 2.05) is 6.07 Å². The van der Waals surface area contributed by atoms with Gasteiger partial charge in [-0.05, 0) is 60.4 Å². The minimum absolute atomic E-state index is 0. The monoisotopic (exact) mass is 425 g/mol. The number of carbonyl (C=O) groups is 1. The number of amides is 1. The third kappa shape index (κ3) is 3.40. The van der Waals surface area contributed by atoms with Crippen molar-refractivity contribution in [3.63, 3.8) is 0 Å². The summed E-state index contributed by atoms with van der Waals surface area (Å²) in [5.74, 6) is 0.786. The Hall–Kier alpha value is -2.04. The van der Waals surface area contributed by atoms with Crippen LogP contribution in [-0.4, -0.2) is 36.1 Å². The summed E-state index contributed by atoms with van der Waals surface area (Å²) in [7, 11) is 0. The Labute approximate surface area is 186 Å². The summed E-state index contributed by atoms with van der Waals surface area (Å²) in [6, 6.07) is 18.0. The molecule has 2 aromatic carbocycles. The van der Waals surface area contributed by atoms with Crippen molar-refractivity contribution in [1.82, 2.24) is 10.2 Å². The van der Waals surface area contributed by atoms with E-state index in [0.717, 1.165) is 31.6 Å². The number of anilines is 1. The number of benzene rings is 2. The van der Waals surface area contributed by atoms with Crippen LogP contribution in [0.5, 0.6) is 0 Å². The molecule has 1 unspecified atom stereocenters. The number of piperidine rings is 1. The molecule has 5 heteroatoms. The maximum Gasteiger partial charge on any atom is 0.247 e. The van der Waals surface area contributed by atoms with Gasteiger partial charge in [0, 0.05) is 24.8 Å². The number of fused-ring (bicyclic) bond motifs is 1. The number of carbonyl (C=O) groups excluding carboxylic acids is 1. The maximum atomic E-state index is 12.9. The molecule has 0 aromatic heterocycles. The number of nitrogens with zero attached hydrogens (tertiary/aromatic N) is 2. The van der Waals surface area contributed by atoms with Gasteiger partial charge in [-0.1, -0.05) is 50.2 Å². The van der Waals surface area contributed by atoms with Gasteiger partial charge in [0.1, 0.15) is 5.54 Å². The number of rotatable bonds is 3. The lowest BCUT2D eigenvalue weighted by Crippen LogP contribution is -2.56. The summed E-state index contributed by atoms with van der Waals surface area (Å²) in [5, 5.41) is 3.11. The molecule has 3 aliphatic rings. The third-order valence-corrected chi connectivity index (χ3v) is 7.35. The first-order valence-electron chi connectivity index (χ1n) is 11.1. The number of hydrogen-bond acceptors (Lipinski definition) is 3. The number of likely N-dealkylation sites (tertiary alicyclic amines) is 1. The first-order valence-corrected chi connectivity index (χ1v) is 11.1. The summed E-state index contributed by atoms with van der Waals surface area (Å²) in [5.41, 5.74) is 5.25. The largest absolute Gasteiger partial charge is 0.339 e. The fraction of sp³-hybridized carbons (Fsp3) is 0.480. The van der Waals surface area contributed by atoms with E-state index in [1.54, 1.807) is 0 Å². The smallest absolute Gasteiger partial charge is 0.247 e. The molecule has 160 valence electrons. The van der Waals surface area contributed by atoms with Crippen molar-refractivity contribution in [3.05, 3.63) is 65.2 Å². The van der Waals surface area contributed by atoms with Gasteiger partial charge in [-0.3, -0.25) is 9.69 Å². The topological polar surface area (TPSA) is 35.6 Å². The van der Waals surface area contributed by atoms with Gasteiger partial charge in [0.25, 0.3) is 0 Å². The predicted molar refractivity (Wildman–Crippen MR) is 124 cm³/mol. The highest BCUT2D eigenvalue weighted by molar-refractivity contribution is 5.93. The molecule has 1 spiro atoms. The van der Waals surface area contributed by atoms with E-state index in [0.29, 0.717) is 18.6 Å². The maximum absolute atomic E-state index is 12.9. The van der Waals surface area contributed by atoms with E-state index in [4.69, 9.17) is 0 Å². The minimum Gasteiger partial charge on any atom is -0.339 e. The predicted octanol–water partition coefficient (Wildman–Crippen LogP) is 4.65. The highest BCUT2D eigenvalue weighted by Crippen LogP contribution is 2.42. The first kappa shape index (κ1) is 21.2. The van der Waals surface area contributed by atoms with Crippen molar-refractivity contribution in [1.29, 1.82) is 0 Å². The van der Waals surface area contributed by atoms with E-state index < -0.39 is 0 Å². The molecule has 30 heavy (non-hydrogen) atoms. The van der Waals surface area contributed by atoms with Crippen molar-refractivity contribution in [2.45, 2.75) is 57.0 Å².